The molecule has 2 aromatic rings. The first kappa shape index (κ1) is 13.6. The van der Waals surface area contributed by atoms with Crippen LogP contribution in [0.1, 0.15) is 43.5 Å². The van der Waals surface area contributed by atoms with E-state index in [-0.39, 0.29) is 0 Å². The van der Waals surface area contributed by atoms with E-state index in [0.717, 1.165) is 24.3 Å². The molecule has 0 aliphatic heterocycles. The zero-order chi connectivity index (χ0) is 13.7. The molecule has 4 nitrogen and oxygen atoms in total. The summed E-state index contributed by atoms with van der Waals surface area (Å²) in [5.74, 6) is 1.47. The molecule has 1 aromatic heterocycles. The molecule has 1 N–H and O–H groups in total. The van der Waals surface area contributed by atoms with Crippen LogP contribution in [0.4, 0.5) is 0 Å². The zero-order valence-corrected chi connectivity index (χ0v) is 11.8. The summed E-state index contributed by atoms with van der Waals surface area (Å²) in [5, 5.41) is 10.5. The molecule has 4 heteroatoms. The van der Waals surface area contributed by atoms with Crippen LogP contribution in [0.15, 0.2) is 24.4 Å². The summed E-state index contributed by atoms with van der Waals surface area (Å²) < 4.78 is 5.68. The van der Waals surface area contributed by atoms with E-state index < -0.39 is 0 Å². The molecule has 0 saturated carbocycles. The standard InChI is InChI=1S/C15H21N3O/c1-4-19-15-8-6-12(9-14(15)11(2)3)5-7-13-10-16-18-17-13/h6,8-11H,4-5,7H2,1-3H3,(H,16,17,18). The lowest BCUT2D eigenvalue weighted by atomic mass is 9.97. The van der Waals surface area contributed by atoms with E-state index in [0.29, 0.717) is 12.5 Å². The van der Waals surface area contributed by atoms with Crippen LogP contribution in [-0.2, 0) is 12.8 Å². The van der Waals surface area contributed by atoms with Gasteiger partial charge in [-0.3, -0.25) is 0 Å². The average molecular weight is 259 g/mol. The summed E-state index contributed by atoms with van der Waals surface area (Å²) in [6, 6.07) is 6.46. The average Bonchev–Trinajstić information content (AvgIpc) is 2.91. The minimum absolute atomic E-state index is 0.466. The summed E-state index contributed by atoms with van der Waals surface area (Å²) >= 11 is 0. The van der Waals surface area contributed by atoms with Gasteiger partial charge < -0.3 is 4.74 Å². The Kier molecular flexibility index (Phi) is 4.55. The van der Waals surface area contributed by atoms with Crippen molar-refractivity contribution in [1.29, 1.82) is 0 Å². The van der Waals surface area contributed by atoms with Crippen LogP contribution >= 0.6 is 0 Å². The number of aromatic nitrogens is 3. The van der Waals surface area contributed by atoms with Crippen LogP contribution in [-0.4, -0.2) is 22.0 Å². The number of ether oxygens (including phenoxy) is 1. The number of aromatic amines is 1. The first-order valence-electron chi connectivity index (χ1n) is 6.81. The molecule has 102 valence electrons. The summed E-state index contributed by atoms with van der Waals surface area (Å²) in [5.41, 5.74) is 3.59. The van der Waals surface area contributed by atoms with E-state index in [9.17, 15) is 0 Å². The molecule has 0 fully saturated rings. The van der Waals surface area contributed by atoms with Gasteiger partial charge in [-0.1, -0.05) is 26.0 Å². The van der Waals surface area contributed by atoms with Crippen molar-refractivity contribution in [2.45, 2.75) is 39.5 Å². The Morgan fingerprint density at radius 2 is 2.11 bits per heavy atom. The summed E-state index contributed by atoms with van der Waals surface area (Å²) in [4.78, 5) is 0. The van der Waals surface area contributed by atoms with E-state index in [1.54, 1.807) is 6.20 Å². The van der Waals surface area contributed by atoms with E-state index in [1.807, 2.05) is 6.92 Å². The highest BCUT2D eigenvalue weighted by atomic mass is 16.5. The fraction of sp³-hybridized carbons (Fsp3) is 0.467. The smallest absolute Gasteiger partial charge is 0.122 e. The van der Waals surface area contributed by atoms with Crippen molar-refractivity contribution in [2.24, 2.45) is 0 Å². The van der Waals surface area contributed by atoms with E-state index in [4.69, 9.17) is 4.74 Å². The van der Waals surface area contributed by atoms with Gasteiger partial charge in [-0.25, -0.2) is 0 Å². The fourth-order valence-electron chi connectivity index (χ4n) is 2.11. The number of hydrogen-bond donors (Lipinski definition) is 1. The van der Waals surface area contributed by atoms with Crippen LogP contribution in [0.3, 0.4) is 0 Å². The van der Waals surface area contributed by atoms with Crippen LogP contribution in [0.5, 0.6) is 5.75 Å². The monoisotopic (exact) mass is 259 g/mol. The highest BCUT2D eigenvalue weighted by Gasteiger charge is 2.09. The second-order valence-electron chi connectivity index (χ2n) is 4.92. The van der Waals surface area contributed by atoms with Crippen molar-refractivity contribution in [3.8, 4) is 5.75 Å². The van der Waals surface area contributed by atoms with Gasteiger partial charge in [-0.15, -0.1) is 0 Å². The summed E-state index contributed by atoms with van der Waals surface area (Å²) in [6.45, 7) is 7.11. The number of nitrogens with zero attached hydrogens (tertiary/aromatic N) is 2. The Labute approximate surface area is 114 Å². The molecule has 0 saturated heterocycles. The van der Waals surface area contributed by atoms with E-state index in [1.165, 1.54) is 11.1 Å². The van der Waals surface area contributed by atoms with Gasteiger partial charge >= 0.3 is 0 Å². The van der Waals surface area contributed by atoms with Gasteiger partial charge in [0.2, 0.25) is 0 Å². The van der Waals surface area contributed by atoms with Gasteiger partial charge in [0.1, 0.15) is 5.75 Å². The number of benzene rings is 1. The Balaban J connectivity index is 2.11. The normalized spacial score (nSPS) is 10.9. The first-order chi connectivity index (χ1) is 9.20. The fourth-order valence-corrected chi connectivity index (χ4v) is 2.11. The molecule has 0 amide bonds. The second-order valence-corrected chi connectivity index (χ2v) is 4.92. The lowest BCUT2D eigenvalue weighted by Gasteiger charge is -2.14. The molecule has 2 rings (SSSR count). The quantitative estimate of drug-likeness (QED) is 0.867. The van der Waals surface area contributed by atoms with Gasteiger partial charge in [-0.05, 0) is 42.9 Å². The van der Waals surface area contributed by atoms with Crippen molar-refractivity contribution < 1.29 is 4.74 Å². The molecule has 1 heterocycles. The molecule has 19 heavy (non-hydrogen) atoms. The highest BCUT2D eigenvalue weighted by Crippen LogP contribution is 2.28. The van der Waals surface area contributed by atoms with Crippen molar-refractivity contribution in [3.63, 3.8) is 0 Å². The minimum Gasteiger partial charge on any atom is -0.494 e. The molecule has 0 aliphatic carbocycles. The molecular formula is C15H21N3O. The lowest BCUT2D eigenvalue weighted by molar-refractivity contribution is 0.335. The molecule has 0 bridgehead atoms. The van der Waals surface area contributed by atoms with Gasteiger partial charge in [0.05, 0.1) is 18.5 Å². The van der Waals surface area contributed by atoms with Crippen LogP contribution in [0.2, 0.25) is 0 Å². The molecule has 0 aliphatic rings. The number of rotatable bonds is 6. The molecule has 0 unspecified atom stereocenters. The number of H-pyrrole nitrogens is 1. The third-order valence-corrected chi connectivity index (χ3v) is 3.13. The predicted octanol–water partition coefficient (Wildman–Crippen LogP) is 3.11. The topological polar surface area (TPSA) is 50.8 Å². The van der Waals surface area contributed by atoms with Gasteiger partial charge in [-0.2, -0.15) is 15.4 Å². The minimum atomic E-state index is 0.466. The molecule has 0 spiro atoms. The van der Waals surface area contributed by atoms with E-state index in [2.05, 4.69) is 47.5 Å². The summed E-state index contributed by atoms with van der Waals surface area (Å²) in [7, 11) is 0. The lowest BCUT2D eigenvalue weighted by Crippen LogP contribution is -2.00. The highest BCUT2D eigenvalue weighted by molar-refractivity contribution is 5.39. The number of nitrogens with one attached hydrogen (secondary N) is 1. The third kappa shape index (κ3) is 3.56. The second kappa shape index (κ2) is 6.36. The predicted molar refractivity (Wildman–Crippen MR) is 75.5 cm³/mol. The summed E-state index contributed by atoms with van der Waals surface area (Å²) in [6.07, 6.45) is 3.65. The Morgan fingerprint density at radius 1 is 1.26 bits per heavy atom. The molecule has 1 aromatic carbocycles. The Hall–Kier alpha value is -1.84. The Bertz CT molecular complexity index is 506. The van der Waals surface area contributed by atoms with E-state index >= 15 is 0 Å². The maximum Gasteiger partial charge on any atom is 0.122 e. The maximum absolute atomic E-state index is 5.68. The maximum atomic E-state index is 5.68. The van der Waals surface area contributed by atoms with Crippen LogP contribution in [0, 0.1) is 0 Å². The largest absolute Gasteiger partial charge is 0.494 e. The molecule has 0 radical (unpaired) electrons. The number of aryl methyl sites for hydroxylation is 2. The first-order valence-corrected chi connectivity index (χ1v) is 6.81. The molecular weight excluding hydrogens is 238 g/mol. The van der Waals surface area contributed by atoms with Crippen molar-refractivity contribution >= 4 is 0 Å². The number of hydrogen-bond acceptors (Lipinski definition) is 3. The van der Waals surface area contributed by atoms with Gasteiger partial charge in [0, 0.05) is 0 Å². The van der Waals surface area contributed by atoms with Crippen LogP contribution < -0.4 is 4.74 Å². The van der Waals surface area contributed by atoms with Crippen molar-refractivity contribution in [3.05, 3.63) is 41.2 Å². The SMILES string of the molecule is CCOc1ccc(CCc2cn[nH]n2)cc1C(C)C. The van der Waals surface area contributed by atoms with Crippen molar-refractivity contribution in [2.75, 3.05) is 6.61 Å². The van der Waals surface area contributed by atoms with Crippen molar-refractivity contribution in [1.82, 2.24) is 15.4 Å². The zero-order valence-electron chi connectivity index (χ0n) is 11.8. The third-order valence-electron chi connectivity index (χ3n) is 3.13. The molecule has 0 atom stereocenters. The van der Waals surface area contributed by atoms with Crippen LogP contribution in [0.25, 0.3) is 0 Å². The van der Waals surface area contributed by atoms with Gasteiger partial charge in [0.15, 0.2) is 0 Å². The Morgan fingerprint density at radius 3 is 2.74 bits per heavy atom. The van der Waals surface area contributed by atoms with Gasteiger partial charge in [0.25, 0.3) is 0 Å².